The van der Waals surface area contributed by atoms with Crippen molar-refractivity contribution in [3.8, 4) is 0 Å². The molecule has 108 valence electrons. The number of nitrogens with zero attached hydrogens (tertiary/aromatic N) is 1. The van der Waals surface area contributed by atoms with Crippen LogP contribution in [0, 0.1) is 0 Å². The lowest BCUT2D eigenvalue weighted by molar-refractivity contribution is 0.152. The molecule has 0 spiro atoms. The van der Waals surface area contributed by atoms with E-state index in [9.17, 15) is 8.78 Å². The van der Waals surface area contributed by atoms with Crippen LogP contribution in [0.5, 0.6) is 0 Å². The van der Waals surface area contributed by atoms with E-state index in [1.165, 1.54) is 6.07 Å². The Bertz CT molecular complexity index is 383. The molecule has 0 heterocycles. The lowest BCUT2D eigenvalue weighted by Gasteiger charge is -2.20. The van der Waals surface area contributed by atoms with Gasteiger partial charge < -0.3 is 16.0 Å². The number of hydrogen-bond donors (Lipinski definition) is 2. The van der Waals surface area contributed by atoms with Crippen LogP contribution in [-0.4, -0.2) is 31.1 Å². The predicted octanol–water partition coefficient (Wildman–Crippen LogP) is 3.35. The van der Waals surface area contributed by atoms with Crippen molar-refractivity contribution in [1.82, 2.24) is 4.90 Å². The zero-order valence-corrected chi connectivity index (χ0v) is 11.6. The lowest BCUT2D eigenvalue weighted by Crippen LogP contribution is -2.29. The molecule has 1 aromatic rings. The molecule has 0 aromatic heterocycles. The maximum Gasteiger partial charge on any atom is 0.265 e. The Morgan fingerprint density at radius 2 is 2.00 bits per heavy atom. The van der Waals surface area contributed by atoms with Gasteiger partial charge in [-0.25, -0.2) is 8.78 Å². The normalized spacial score (nSPS) is 11.3. The summed E-state index contributed by atoms with van der Waals surface area (Å²) >= 11 is 0. The molecule has 19 heavy (non-hydrogen) atoms. The molecule has 0 radical (unpaired) electrons. The van der Waals surface area contributed by atoms with E-state index in [-0.39, 0.29) is 5.56 Å². The summed E-state index contributed by atoms with van der Waals surface area (Å²) in [5.74, 6) is 0. The quantitative estimate of drug-likeness (QED) is 0.712. The first-order chi connectivity index (χ1) is 9.08. The molecule has 3 N–H and O–H groups in total. The molecule has 0 aliphatic heterocycles. The zero-order chi connectivity index (χ0) is 14.3. The number of halogens is 2. The first-order valence-electron chi connectivity index (χ1n) is 6.72. The summed E-state index contributed by atoms with van der Waals surface area (Å²) in [6, 6.07) is 4.58. The van der Waals surface area contributed by atoms with Gasteiger partial charge in [0.1, 0.15) is 0 Å². The number of nitrogen functional groups attached to an aromatic ring is 1. The molecular weight excluding hydrogens is 248 g/mol. The standard InChI is InChI=1S/C14H23F2N3/c1-3-8-19(4-2)9-7-18-13-6-5-11(17)10-12(13)14(15)16/h5-6,10,14,18H,3-4,7-9,17H2,1-2H3. The van der Waals surface area contributed by atoms with Gasteiger partial charge in [-0.05, 0) is 37.7 Å². The number of likely N-dealkylation sites (N-methyl/N-ethyl adjacent to an activating group) is 1. The van der Waals surface area contributed by atoms with Gasteiger partial charge in [-0.1, -0.05) is 13.8 Å². The monoisotopic (exact) mass is 271 g/mol. The fourth-order valence-corrected chi connectivity index (χ4v) is 2.02. The van der Waals surface area contributed by atoms with Gasteiger partial charge in [0.15, 0.2) is 0 Å². The highest BCUT2D eigenvalue weighted by molar-refractivity contribution is 5.58. The van der Waals surface area contributed by atoms with Crippen molar-refractivity contribution in [1.29, 1.82) is 0 Å². The Kier molecular flexibility index (Phi) is 6.56. The topological polar surface area (TPSA) is 41.3 Å². The molecule has 0 saturated carbocycles. The number of nitrogens with one attached hydrogen (secondary N) is 1. The maximum absolute atomic E-state index is 12.9. The van der Waals surface area contributed by atoms with Gasteiger partial charge in [0.05, 0.1) is 0 Å². The summed E-state index contributed by atoms with van der Waals surface area (Å²) in [6.45, 7) is 7.73. The zero-order valence-electron chi connectivity index (χ0n) is 11.6. The fourth-order valence-electron chi connectivity index (χ4n) is 2.02. The van der Waals surface area contributed by atoms with Crippen LogP contribution in [0.25, 0.3) is 0 Å². The highest BCUT2D eigenvalue weighted by Crippen LogP contribution is 2.28. The second-order valence-electron chi connectivity index (χ2n) is 4.51. The minimum atomic E-state index is -2.51. The van der Waals surface area contributed by atoms with E-state index >= 15 is 0 Å². The molecule has 0 atom stereocenters. The highest BCUT2D eigenvalue weighted by Gasteiger charge is 2.13. The van der Waals surface area contributed by atoms with Gasteiger partial charge in [-0.2, -0.15) is 0 Å². The molecule has 3 nitrogen and oxygen atoms in total. The van der Waals surface area contributed by atoms with Crippen molar-refractivity contribution < 1.29 is 8.78 Å². The Morgan fingerprint density at radius 1 is 1.26 bits per heavy atom. The Labute approximate surface area is 113 Å². The Hall–Kier alpha value is -1.36. The van der Waals surface area contributed by atoms with Gasteiger partial charge in [-0.15, -0.1) is 0 Å². The van der Waals surface area contributed by atoms with Crippen molar-refractivity contribution in [2.45, 2.75) is 26.7 Å². The number of nitrogens with two attached hydrogens (primary N) is 1. The van der Waals surface area contributed by atoms with E-state index in [1.54, 1.807) is 12.1 Å². The summed E-state index contributed by atoms with van der Waals surface area (Å²) in [5.41, 5.74) is 6.34. The van der Waals surface area contributed by atoms with Crippen LogP contribution in [0.4, 0.5) is 20.2 Å². The van der Waals surface area contributed by atoms with E-state index in [0.29, 0.717) is 17.9 Å². The summed E-state index contributed by atoms with van der Waals surface area (Å²) < 4.78 is 25.7. The van der Waals surface area contributed by atoms with Crippen LogP contribution < -0.4 is 11.1 Å². The van der Waals surface area contributed by atoms with Crippen molar-refractivity contribution in [2.24, 2.45) is 0 Å². The highest BCUT2D eigenvalue weighted by atomic mass is 19.3. The van der Waals surface area contributed by atoms with Crippen LogP contribution in [-0.2, 0) is 0 Å². The second kappa shape index (κ2) is 7.94. The number of alkyl halides is 2. The largest absolute Gasteiger partial charge is 0.399 e. The maximum atomic E-state index is 12.9. The minimum Gasteiger partial charge on any atom is -0.399 e. The molecule has 0 saturated heterocycles. The van der Waals surface area contributed by atoms with Crippen LogP contribution in [0.3, 0.4) is 0 Å². The molecular formula is C14H23F2N3. The Morgan fingerprint density at radius 3 is 2.58 bits per heavy atom. The summed E-state index contributed by atoms with van der Waals surface area (Å²) in [6.07, 6.45) is -1.42. The smallest absolute Gasteiger partial charge is 0.265 e. The van der Waals surface area contributed by atoms with Crippen LogP contribution in [0.15, 0.2) is 18.2 Å². The van der Waals surface area contributed by atoms with Crippen LogP contribution >= 0.6 is 0 Å². The number of rotatable bonds is 8. The summed E-state index contributed by atoms with van der Waals surface area (Å²) in [4.78, 5) is 2.28. The van der Waals surface area contributed by atoms with Gasteiger partial charge in [0.2, 0.25) is 0 Å². The van der Waals surface area contributed by atoms with E-state index < -0.39 is 6.43 Å². The van der Waals surface area contributed by atoms with Gasteiger partial charge in [-0.3, -0.25) is 0 Å². The number of benzene rings is 1. The van der Waals surface area contributed by atoms with Crippen LogP contribution in [0.1, 0.15) is 32.3 Å². The Balaban J connectivity index is 2.57. The average Bonchev–Trinajstić information content (AvgIpc) is 2.39. The number of anilines is 2. The van der Waals surface area contributed by atoms with Crippen molar-refractivity contribution in [3.63, 3.8) is 0 Å². The van der Waals surface area contributed by atoms with Gasteiger partial charge in [0, 0.05) is 30.0 Å². The fraction of sp³-hybridized carbons (Fsp3) is 0.571. The van der Waals surface area contributed by atoms with E-state index in [0.717, 1.165) is 26.1 Å². The number of hydrogen-bond acceptors (Lipinski definition) is 3. The third-order valence-corrected chi connectivity index (χ3v) is 3.04. The van der Waals surface area contributed by atoms with E-state index in [4.69, 9.17) is 5.73 Å². The molecule has 1 rings (SSSR count). The molecule has 0 aliphatic carbocycles. The van der Waals surface area contributed by atoms with Crippen molar-refractivity contribution >= 4 is 11.4 Å². The third kappa shape index (κ3) is 5.03. The van der Waals surface area contributed by atoms with Crippen LogP contribution in [0.2, 0.25) is 0 Å². The van der Waals surface area contributed by atoms with Gasteiger partial charge in [0.25, 0.3) is 6.43 Å². The van der Waals surface area contributed by atoms with E-state index in [1.807, 2.05) is 0 Å². The molecule has 0 amide bonds. The van der Waals surface area contributed by atoms with Gasteiger partial charge >= 0.3 is 0 Å². The molecule has 0 aliphatic rings. The first-order valence-corrected chi connectivity index (χ1v) is 6.72. The molecule has 0 unspecified atom stereocenters. The van der Waals surface area contributed by atoms with Crippen molar-refractivity contribution in [2.75, 3.05) is 37.2 Å². The second-order valence-corrected chi connectivity index (χ2v) is 4.51. The molecule has 1 aromatic carbocycles. The lowest BCUT2D eigenvalue weighted by atomic mass is 10.1. The molecule has 5 heteroatoms. The average molecular weight is 271 g/mol. The third-order valence-electron chi connectivity index (χ3n) is 3.04. The van der Waals surface area contributed by atoms with Crippen molar-refractivity contribution in [3.05, 3.63) is 23.8 Å². The summed E-state index contributed by atoms with van der Waals surface area (Å²) in [7, 11) is 0. The van der Waals surface area contributed by atoms with E-state index in [2.05, 4.69) is 24.1 Å². The molecule has 0 fully saturated rings. The molecule has 0 bridgehead atoms. The SMILES string of the molecule is CCCN(CC)CCNc1ccc(N)cc1C(F)F. The minimum absolute atomic E-state index is 0.0291. The first kappa shape index (κ1) is 15.7. The predicted molar refractivity (Wildman–Crippen MR) is 76.7 cm³/mol. The summed E-state index contributed by atoms with van der Waals surface area (Å²) in [5, 5.41) is 3.07.